The monoisotopic (exact) mass is 514 g/mol. The van der Waals surface area contributed by atoms with Gasteiger partial charge in [0.2, 0.25) is 0 Å². The van der Waals surface area contributed by atoms with E-state index in [9.17, 15) is 9.18 Å². The van der Waals surface area contributed by atoms with Gasteiger partial charge in [-0.2, -0.15) is 0 Å². The Kier molecular flexibility index (Phi) is 9.59. The van der Waals surface area contributed by atoms with Gasteiger partial charge in [-0.15, -0.1) is 5.10 Å². The Morgan fingerprint density at radius 2 is 1.89 bits per heavy atom. The van der Waals surface area contributed by atoms with Gasteiger partial charge in [-0.05, 0) is 61.2 Å². The first kappa shape index (κ1) is 27.6. The molecule has 4 aromatic rings. The number of aromatic nitrogens is 4. The van der Waals surface area contributed by atoms with Gasteiger partial charge in [0.05, 0.1) is 17.9 Å². The van der Waals surface area contributed by atoms with Crippen LogP contribution in [0.3, 0.4) is 0 Å². The lowest BCUT2D eigenvalue weighted by Gasteiger charge is -2.26. The van der Waals surface area contributed by atoms with Gasteiger partial charge < -0.3 is 10.2 Å². The maximum atomic E-state index is 14.0. The molecule has 198 valence electrons. The first-order chi connectivity index (χ1) is 18.0. The molecular formula is C27H33F3N6O. The molecule has 5 rings (SSSR count). The van der Waals surface area contributed by atoms with Crippen LogP contribution in [0.1, 0.15) is 62.0 Å². The van der Waals surface area contributed by atoms with Crippen molar-refractivity contribution in [1.82, 2.24) is 24.9 Å². The number of nitrogens with zero attached hydrogens (tertiary/aromatic N) is 5. The van der Waals surface area contributed by atoms with Crippen molar-refractivity contribution in [3.05, 3.63) is 89.3 Å². The van der Waals surface area contributed by atoms with Gasteiger partial charge in [-0.1, -0.05) is 39.0 Å². The minimum atomic E-state index is -0.283. The zero-order valence-corrected chi connectivity index (χ0v) is 21.3. The molecule has 1 N–H and O–H groups in total. The van der Waals surface area contributed by atoms with E-state index in [1.165, 1.54) is 6.07 Å². The number of anilines is 1. The van der Waals surface area contributed by atoms with Gasteiger partial charge in [0.1, 0.15) is 17.3 Å². The molecule has 1 unspecified atom stereocenters. The first-order valence-electron chi connectivity index (χ1n) is 12.3. The van der Waals surface area contributed by atoms with E-state index in [-0.39, 0.29) is 25.2 Å². The number of carbonyl (C=O) groups excluding carboxylic acids is 1. The van der Waals surface area contributed by atoms with Crippen molar-refractivity contribution in [1.29, 1.82) is 0 Å². The number of pyridine rings is 1. The summed E-state index contributed by atoms with van der Waals surface area (Å²) in [5.74, 6) is 0.255. The predicted octanol–water partition coefficient (Wildman–Crippen LogP) is 6.00. The van der Waals surface area contributed by atoms with E-state index < -0.39 is 0 Å². The zero-order chi connectivity index (χ0) is 26.9. The molecule has 4 heterocycles. The number of amides is 1. The number of hydrogen-bond acceptors (Lipinski definition) is 5. The smallest absolute Gasteiger partial charge is 0.270 e. The zero-order valence-electron chi connectivity index (χ0n) is 21.3. The van der Waals surface area contributed by atoms with Crippen LogP contribution in [-0.4, -0.2) is 38.1 Å². The highest BCUT2D eigenvalue weighted by atomic mass is 20.0. The predicted molar refractivity (Wildman–Crippen MR) is 139 cm³/mol. The Bertz CT molecular complexity index is 1320. The lowest BCUT2D eigenvalue weighted by molar-refractivity contribution is 0.0935. The third kappa shape index (κ3) is 6.25. The number of benzene rings is 1. The fraction of sp³-hybridized carbons (Fsp3) is 0.333. The van der Waals surface area contributed by atoms with Gasteiger partial charge in [0, 0.05) is 29.4 Å². The van der Waals surface area contributed by atoms with Crippen LogP contribution in [0.4, 0.5) is 19.4 Å². The molecule has 0 radical (unpaired) electrons. The van der Waals surface area contributed by atoms with Gasteiger partial charge >= 0.3 is 0 Å². The Morgan fingerprint density at radius 1 is 1.11 bits per heavy atom. The van der Waals surface area contributed by atoms with Crippen LogP contribution in [0, 0.1) is 12.7 Å². The van der Waals surface area contributed by atoms with Gasteiger partial charge in [-0.25, -0.2) is 13.9 Å². The minimum absolute atomic E-state index is 0. The fourth-order valence-electron chi connectivity index (χ4n) is 4.38. The van der Waals surface area contributed by atoms with E-state index in [1.807, 2.05) is 52.0 Å². The Balaban J connectivity index is 0.000000969. The Labute approximate surface area is 215 Å². The second-order valence-corrected chi connectivity index (χ2v) is 8.40. The molecule has 0 bridgehead atoms. The number of aryl methyl sites for hydroxylation is 2. The van der Waals surface area contributed by atoms with Crippen LogP contribution < -0.4 is 10.2 Å². The Morgan fingerprint density at radius 3 is 2.57 bits per heavy atom. The molecule has 0 aliphatic carbocycles. The van der Waals surface area contributed by atoms with Crippen LogP contribution >= 0.6 is 0 Å². The molecule has 7 nitrogen and oxygen atoms in total. The second-order valence-electron chi connectivity index (χ2n) is 8.40. The summed E-state index contributed by atoms with van der Waals surface area (Å²) in [6.07, 6.45) is 5.01. The molecule has 1 aromatic carbocycles. The molecule has 0 saturated carbocycles. The fourth-order valence-corrected chi connectivity index (χ4v) is 4.38. The molecule has 1 saturated heterocycles. The van der Waals surface area contributed by atoms with Crippen molar-refractivity contribution in [3.63, 3.8) is 0 Å². The van der Waals surface area contributed by atoms with Gasteiger partial charge in [0.15, 0.2) is 5.65 Å². The third-order valence-electron chi connectivity index (χ3n) is 6.15. The summed E-state index contributed by atoms with van der Waals surface area (Å²) < 4.78 is 31.8. The molecule has 1 amide bonds. The standard InChI is InChI=1S/C25H25FN6O.C2H6.F2.H2/c1-3-17-7-8-21(27-14-17)25(33)29-20-12-22(18-5-4-6-19(26)11-18)31(15-20)24-10-9-23-28-13-16(2)32(23)30-24;2*1-2;/h4-11,13-14,20,22H,3,12,15H2,1-2H3,(H,29,33);1-2H3;;1H/t20?,22-;;;/m1.../s1. The second kappa shape index (κ2) is 12.8. The van der Waals surface area contributed by atoms with Crippen LogP contribution in [0.2, 0.25) is 0 Å². The van der Waals surface area contributed by atoms with E-state index in [4.69, 9.17) is 14.2 Å². The van der Waals surface area contributed by atoms with E-state index in [1.54, 1.807) is 35.1 Å². The maximum absolute atomic E-state index is 14.0. The van der Waals surface area contributed by atoms with E-state index in [0.717, 1.165) is 34.7 Å². The van der Waals surface area contributed by atoms with Crippen molar-refractivity contribution < 1.29 is 19.8 Å². The number of halogens is 3. The summed E-state index contributed by atoms with van der Waals surface area (Å²) in [6.45, 7) is 8.55. The summed E-state index contributed by atoms with van der Waals surface area (Å²) in [4.78, 5) is 23.6. The molecule has 1 fully saturated rings. The van der Waals surface area contributed by atoms with Crippen LogP contribution in [0.25, 0.3) is 5.65 Å². The molecule has 0 spiro atoms. The molecular weight excluding hydrogens is 481 g/mol. The van der Waals surface area contributed by atoms with Crippen molar-refractivity contribution >= 4 is 17.4 Å². The molecule has 3 aromatic heterocycles. The average molecular weight is 515 g/mol. The van der Waals surface area contributed by atoms with E-state index >= 15 is 0 Å². The maximum Gasteiger partial charge on any atom is 0.270 e. The molecule has 2 atom stereocenters. The number of rotatable bonds is 5. The first-order valence-corrected chi connectivity index (χ1v) is 12.3. The molecule has 1 aliphatic heterocycles. The van der Waals surface area contributed by atoms with Gasteiger partial charge in [-0.3, -0.25) is 9.78 Å². The highest BCUT2D eigenvalue weighted by Gasteiger charge is 2.35. The summed E-state index contributed by atoms with van der Waals surface area (Å²) in [5, 5.41) is 7.87. The van der Waals surface area contributed by atoms with Crippen molar-refractivity contribution in [2.75, 3.05) is 11.4 Å². The number of fused-ring (bicyclic) bond motifs is 1. The third-order valence-corrected chi connectivity index (χ3v) is 6.15. The lowest BCUT2D eigenvalue weighted by Crippen LogP contribution is -2.37. The number of hydrogen-bond donors (Lipinski definition) is 1. The van der Waals surface area contributed by atoms with Crippen molar-refractivity contribution in [2.24, 2.45) is 0 Å². The van der Waals surface area contributed by atoms with E-state index in [2.05, 4.69) is 20.2 Å². The highest BCUT2D eigenvalue weighted by molar-refractivity contribution is 5.92. The van der Waals surface area contributed by atoms with Crippen LogP contribution in [-0.2, 0) is 6.42 Å². The summed E-state index contributed by atoms with van der Waals surface area (Å²) in [5.41, 5.74) is 4.02. The van der Waals surface area contributed by atoms with Crippen LogP contribution in [0.15, 0.2) is 60.9 Å². The van der Waals surface area contributed by atoms with Gasteiger partial charge in [0.25, 0.3) is 5.91 Å². The SMILES string of the molecule is CC.CCc1ccc(C(=O)NC2C[C@H](c3cccc(F)c3)N(c3ccc4ncc(C)n4n3)C2)nc1.FF.[HH]. The normalized spacial score (nSPS) is 16.5. The number of nitrogens with one attached hydrogen (secondary N) is 1. The number of carbonyl (C=O) groups is 1. The number of imidazole rings is 1. The average Bonchev–Trinajstić information content (AvgIpc) is 3.54. The minimum Gasteiger partial charge on any atom is -0.346 e. The lowest BCUT2D eigenvalue weighted by atomic mass is 10.0. The summed E-state index contributed by atoms with van der Waals surface area (Å²) in [7, 11) is 0. The van der Waals surface area contributed by atoms with Crippen molar-refractivity contribution in [3.8, 4) is 0 Å². The van der Waals surface area contributed by atoms with Crippen molar-refractivity contribution in [2.45, 2.75) is 52.6 Å². The topological polar surface area (TPSA) is 75.4 Å². The van der Waals surface area contributed by atoms with E-state index in [0.29, 0.717) is 18.7 Å². The quantitative estimate of drug-likeness (QED) is 0.354. The largest absolute Gasteiger partial charge is 0.346 e. The van der Waals surface area contributed by atoms with Crippen LogP contribution in [0.5, 0.6) is 0 Å². The summed E-state index contributed by atoms with van der Waals surface area (Å²) in [6, 6.07) is 13.9. The summed E-state index contributed by atoms with van der Waals surface area (Å²) >= 11 is 0. The molecule has 10 heteroatoms. The highest BCUT2D eigenvalue weighted by Crippen LogP contribution is 2.36. The molecule has 1 aliphatic rings. The Hall–Kier alpha value is -3.95. The molecule has 37 heavy (non-hydrogen) atoms.